The highest BCUT2D eigenvalue weighted by Gasteiger charge is 2.10. The van der Waals surface area contributed by atoms with E-state index in [0.29, 0.717) is 27.4 Å². The number of imidazole rings is 1. The van der Waals surface area contributed by atoms with Gasteiger partial charge in [0.1, 0.15) is 12.4 Å². The molecular weight excluding hydrogens is 394 g/mol. The lowest BCUT2D eigenvalue weighted by atomic mass is 10.1. The maximum absolute atomic E-state index is 12.8. The predicted molar refractivity (Wildman–Crippen MR) is 118 cm³/mol. The smallest absolute Gasteiger partial charge is 0.274 e. The minimum atomic E-state index is -0.0582. The summed E-state index contributed by atoms with van der Waals surface area (Å²) in [6.45, 7) is 0.326. The van der Waals surface area contributed by atoms with E-state index in [0.717, 1.165) is 22.2 Å². The number of benzene rings is 3. The zero-order chi connectivity index (χ0) is 20.5. The summed E-state index contributed by atoms with van der Waals surface area (Å²) in [5, 5.41) is 9.17. The molecule has 0 saturated heterocycles. The van der Waals surface area contributed by atoms with Crippen LogP contribution in [0.25, 0.3) is 22.1 Å². The van der Waals surface area contributed by atoms with E-state index in [1.165, 1.54) is 11.3 Å². The van der Waals surface area contributed by atoms with Gasteiger partial charge in [0.05, 0.1) is 27.2 Å². The van der Waals surface area contributed by atoms with Crippen LogP contribution in [0.1, 0.15) is 16.7 Å². The molecule has 0 amide bonds. The number of rotatable bonds is 4. The summed E-state index contributed by atoms with van der Waals surface area (Å²) in [6, 6.07) is 24.7. The maximum atomic E-state index is 12.8. The third-order valence-corrected chi connectivity index (χ3v) is 5.82. The Hall–Kier alpha value is -3.95. The molecule has 6 heteroatoms. The minimum Gasteiger partial charge on any atom is -0.489 e. The van der Waals surface area contributed by atoms with Gasteiger partial charge in [-0.2, -0.15) is 5.26 Å². The second-order valence-corrected chi connectivity index (χ2v) is 7.77. The average molecular weight is 409 g/mol. The predicted octanol–water partition coefficient (Wildman–Crippen LogP) is 3.91. The van der Waals surface area contributed by atoms with Crippen LogP contribution in [0.5, 0.6) is 5.75 Å². The van der Waals surface area contributed by atoms with Crippen LogP contribution in [0.4, 0.5) is 0 Å². The molecule has 3 aromatic carbocycles. The van der Waals surface area contributed by atoms with Crippen molar-refractivity contribution in [1.29, 1.82) is 5.26 Å². The van der Waals surface area contributed by atoms with Crippen LogP contribution < -0.4 is 14.8 Å². The van der Waals surface area contributed by atoms with Gasteiger partial charge >= 0.3 is 0 Å². The number of ether oxygens (including phenoxy) is 1. The third kappa shape index (κ3) is 3.21. The van der Waals surface area contributed by atoms with Gasteiger partial charge in [-0.05, 0) is 42.0 Å². The molecule has 5 nitrogen and oxygen atoms in total. The van der Waals surface area contributed by atoms with Crippen molar-refractivity contribution < 1.29 is 4.74 Å². The number of aromatic nitrogens is 2. The molecule has 0 atom stereocenters. The van der Waals surface area contributed by atoms with Crippen LogP contribution in [0.15, 0.2) is 77.6 Å². The quantitative estimate of drug-likeness (QED) is 0.451. The summed E-state index contributed by atoms with van der Waals surface area (Å²) < 4.78 is 8.11. The average Bonchev–Trinajstić information content (AvgIpc) is 3.29. The van der Waals surface area contributed by atoms with E-state index in [2.05, 4.69) is 11.1 Å². The van der Waals surface area contributed by atoms with E-state index in [4.69, 9.17) is 10.00 Å². The second-order valence-electron chi connectivity index (χ2n) is 6.76. The van der Waals surface area contributed by atoms with Crippen LogP contribution >= 0.6 is 11.3 Å². The molecule has 0 aliphatic carbocycles. The first-order valence-corrected chi connectivity index (χ1v) is 10.2. The summed E-state index contributed by atoms with van der Waals surface area (Å²) >= 11 is 1.38. The van der Waals surface area contributed by atoms with Crippen LogP contribution in [0.2, 0.25) is 0 Å². The van der Waals surface area contributed by atoms with Gasteiger partial charge in [0.15, 0.2) is 4.96 Å². The molecule has 0 bridgehead atoms. The Morgan fingerprint density at radius 2 is 1.80 bits per heavy atom. The Morgan fingerprint density at radius 1 is 1.03 bits per heavy atom. The lowest BCUT2D eigenvalue weighted by molar-refractivity contribution is 0.306. The van der Waals surface area contributed by atoms with Crippen molar-refractivity contribution >= 4 is 33.4 Å². The van der Waals surface area contributed by atoms with Gasteiger partial charge in [0.2, 0.25) is 0 Å². The summed E-state index contributed by atoms with van der Waals surface area (Å²) in [5.74, 6) is 0.703. The maximum Gasteiger partial charge on any atom is 0.274 e. The lowest BCUT2D eigenvalue weighted by Gasteiger charge is -2.07. The van der Waals surface area contributed by atoms with E-state index < -0.39 is 0 Å². The molecule has 0 fully saturated rings. The second kappa shape index (κ2) is 7.47. The molecule has 2 aromatic heterocycles. The Kier molecular flexibility index (Phi) is 4.51. The fourth-order valence-electron chi connectivity index (χ4n) is 3.34. The van der Waals surface area contributed by atoms with Gasteiger partial charge in [0, 0.05) is 5.56 Å². The van der Waals surface area contributed by atoms with Crippen molar-refractivity contribution in [2.75, 3.05) is 0 Å². The molecule has 0 aliphatic rings. The Morgan fingerprint density at radius 3 is 2.63 bits per heavy atom. The zero-order valence-corrected chi connectivity index (χ0v) is 16.6. The Balaban J connectivity index is 1.41. The fourth-order valence-corrected chi connectivity index (χ4v) is 4.33. The van der Waals surface area contributed by atoms with Crippen molar-refractivity contribution in [3.8, 4) is 11.8 Å². The normalized spacial score (nSPS) is 11.8. The van der Waals surface area contributed by atoms with Gasteiger partial charge in [-0.25, -0.2) is 9.38 Å². The first-order chi connectivity index (χ1) is 14.7. The number of para-hydroxylation sites is 2. The molecule has 5 aromatic rings. The standard InChI is InChI=1S/C24H15N3O2S/c25-14-17-5-1-2-6-18(17)15-29-19-11-9-16(10-12-19)13-22-23(28)27-21-8-4-3-7-20(21)26-24(27)30-22/h1-13H,15H2. The van der Waals surface area contributed by atoms with Gasteiger partial charge in [-0.3, -0.25) is 4.79 Å². The summed E-state index contributed by atoms with van der Waals surface area (Å²) in [4.78, 5) is 18.1. The van der Waals surface area contributed by atoms with Crippen LogP contribution in [-0.4, -0.2) is 9.38 Å². The van der Waals surface area contributed by atoms with E-state index >= 15 is 0 Å². The van der Waals surface area contributed by atoms with Crippen molar-refractivity contribution in [3.63, 3.8) is 0 Å². The van der Waals surface area contributed by atoms with Gasteiger partial charge in [-0.1, -0.05) is 53.8 Å². The molecule has 0 spiro atoms. The first-order valence-electron chi connectivity index (χ1n) is 9.35. The van der Waals surface area contributed by atoms with Crippen molar-refractivity contribution in [3.05, 3.63) is 104 Å². The summed E-state index contributed by atoms with van der Waals surface area (Å²) in [5.41, 5.74) is 3.96. The van der Waals surface area contributed by atoms with Crippen LogP contribution in [-0.2, 0) is 6.61 Å². The SMILES string of the molecule is N#Cc1ccccc1COc1ccc(C=c2sc3nc4ccccc4n3c2=O)cc1. The molecule has 0 radical (unpaired) electrons. The topological polar surface area (TPSA) is 67.4 Å². The number of hydrogen-bond acceptors (Lipinski definition) is 5. The summed E-state index contributed by atoms with van der Waals surface area (Å²) in [7, 11) is 0. The molecule has 144 valence electrons. The number of nitrogens with zero attached hydrogens (tertiary/aromatic N) is 3. The molecule has 0 saturated carbocycles. The molecule has 30 heavy (non-hydrogen) atoms. The van der Waals surface area contributed by atoms with Crippen molar-refractivity contribution in [1.82, 2.24) is 9.38 Å². The largest absolute Gasteiger partial charge is 0.489 e. The van der Waals surface area contributed by atoms with E-state index in [1.54, 1.807) is 10.5 Å². The highest BCUT2D eigenvalue weighted by atomic mass is 32.1. The molecule has 2 heterocycles. The van der Waals surface area contributed by atoms with Crippen molar-refractivity contribution in [2.24, 2.45) is 0 Å². The van der Waals surface area contributed by atoms with E-state index in [1.807, 2.05) is 72.8 Å². The number of hydrogen-bond donors (Lipinski definition) is 0. The highest BCUT2D eigenvalue weighted by molar-refractivity contribution is 7.15. The summed E-state index contributed by atoms with van der Waals surface area (Å²) in [6.07, 6.45) is 1.87. The van der Waals surface area contributed by atoms with Crippen molar-refractivity contribution in [2.45, 2.75) is 6.61 Å². The Bertz CT molecular complexity index is 1530. The number of nitriles is 1. The highest BCUT2D eigenvalue weighted by Crippen LogP contribution is 2.18. The monoisotopic (exact) mass is 409 g/mol. The zero-order valence-electron chi connectivity index (χ0n) is 15.8. The number of thiazole rings is 1. The first kappa shape index (κ1) is 18.1. The van der Waals surface area contributed by atoms with Crippen LogP contribution in [0, 0.1) is 11.3 Å². The molecule has 0 unspecified atom stereocenters. The van der Waals surface area contributed by atoms with E-state index in [9.17, 15) is 4.79 Å². The van der Waals surface area contributed by atoms with E-state index in [-0.39, 0.29) is 5.56 Å². The molecule has 0 aliphatic heterocycles. The minimum absolute atomic E-state index is 0.0582. The van der Waals surface area contributed by atoms with Gasteiger partial charge < -0.3 is 4.74 Å². The number of fused-ring (bicyclic) bond motifs is 3. The fraction of sp³-hybridized carbons (Fsp3) is 0.0417. The molecular formula is C24H15N3O2S. The lowest BCUT2D eigenvalue weighted by Crippen LogP contribution is -2.22. The third-order valence-electron chi connectivity index (χ3n) is 4.86. The molecule has 0 N–H and O–H groups in total. The Labute approximate surface area is 175 Å². The molecule has 5 rings (SSSR count). The van der Waals surface area contributed by atoms with Gasteiger partial charge in [-0.15, -0.1) is 0 Å². The van der Waals surface area contributed by atoms with Gasteiger partial charge in [0.25, 0.3) is 5.56 Å². The van der Waals surface area contributed by atoms with Crippen LogP contribution in [0.3, 0.4) is 0 Å².